The normalized spacial score (nSPS) is 9.95. The van der Waals surface area contributed by atoms with Crippen LogP contribution < -0.4 is 5.32 Å². The average molecular weight is 261 g/mol. The SMILES string of the molecule is O=C(Nc1cccc([N+](=O)[O-])c1)c1ccnc(F)c1. The summed E-state index contributed by atoms with van der Waals surface area (Å²) in [5.41, 5.74) is 0.203. The molecule has 1 aromatic carbocycles. The Kier molecular flexibility index (Phi) is 3.46. The number of carbonyl (C=O) groups is 1. The lowest BCUT2D eigenvalue weighted by Gasteiger charge is -2.04. The van der Waals surface area contributed by atoms with Crippen molar-refractivity contribution in [3.8, 4) is 0 Å². The molecule has 1 amide bonds. The largest absolute Gasteiger partial charge is 0.322 e. The lowest BCUT2D eigenvalue weighted by atomic mass is 10.2. The molecule has 0 aliphatic rings. The summed E-state index contributed by atoms with van der Waals surface area (Å²) in [5.74, 6) is -1.34. The van der Waals surface area contributed by atoms with Crippen LogP contribution in [-0.2, 0) is 0 Å². The molecule has 2 aromatic rings. The number of hydrogen-bond acceptors (Lipinski definition) is 4. The second kappa shape index (κ2) is 5.21. The van der Waals surface area contributed by atoms with Crippen LogP contribution >= 0.6 is 0 Å². The molecule has 1 aromatic heterocycles. The summed E-state index contributed by atoms with van der Waals surface area (Å²) >= 11 is 0. The van der Waals surface area contributed by atoms with E-state index in [1.807, 2.05) is 0 Å². The summed E-state index contributed by atoms with van der Waals surface area (Å²) in [6, 6.07) is 7.79. The van der Waals surface area contributed by atoms with Crippen molar-refractivity contribution in [2.75, 3.05) is 5.32 Å². The zero-order chi connectivity index (χ0) is 13.8. The fraction of sp³-hybridized carbons (Fsp3) is 0. The Labute approximate surface area is 107 Å². The molecule has 0 spiro atoms. The second-order valence-electron chi connectivity index (χ2n) is 3.63. The molecule has 0 radical (unpaired) electrons. The van der Waals surface area contributed by atoms with Crippen LogP contribution in [0.3, 0.4) is 0 Å². The number of nitro groups is 1. The van der Waals surface area contributed by atoms with Gasteiger partial charge in [0, 0.05) is 35.6 Å². The van der Waals surface area contributed by atoms with Crippen molar-refractivity contribution in [1.82, 2.24) is 4.98 Å². The molecule has 0 bridgehead atoms. The van der Waals surface area contributed by atoms with Gasteiger partial charge in [-0.3, -0.25) is 14.9 Å². The molecule has 0 unspecified atom stereocenters. The minimum atomic E-state index is -0.772. The summed E-state index contributed by atoms with van der Waals surface area (Å²) in [7, 11) is 0. The molecule has 1 N–H and O–H groups in total. The monoisotopic (exact) mass is 261 g/mol. The molecule has 0 saturated carbocycles. The summed E-state index contributed by atoms with van der Waals surface area (Å²) in [5, 5.41) is 13.0. The van der Waals surface area contributed by atoms with Crippen LogP contribution in [0.2, 0.25) is 0 Å². The van der Waals surface area contributed by atoms with E-state index in [0.717, 1.165) is 12.3 Å². The first kappa shape index (κ1) is 12.6. The average Bonchev–Trinajstić information content (AvgIpc) is 2.39. The van der Waals surface area contributed by atoms with E-state index in [1.165, 1.54) is 30.3 Å². The molecule has 0 aliphatic carbocycles. The summed E-state index contributed by atoms with van der Waals surface area (Å²) < 4.78 is 12.9. The van der Waals surface area contributed by atoms with Crippen molar-refractivity contribution in [2.45, 2.75) is 0 Å². The van der Waals surface area contributed by atoms with E-state index in [9.17, 15) is 19.3 Å². The molecular formula is C12H8FN3O3. The number of amides is 1. The molecule has 7 heteroatoms. The van der Waals surface area contributed by atoms with Gasteiger partial charge in [-0.2, -0.15) is 4.39 Å². The number of benzene rings is 1. The molecule has 0 saturated heterocycles. The minimum Gasteiger partial charge on any atom is -0.322 e. The molecule has 0 fully saturated rings. The van der Waals surface area contributed by atoms with E-state index < -0.39 is 16.8 Å². The van der Waals surface area contributed by atoms with Gasteiger partial charge in [0.2, 0.25) is 5.95 Å². The number of carbonyl (C=O) groups excluding carboxylic acids is 1. The topological polar surface area (TPSA) is 85.1 Å². The van der Waals surface area contributed by atoms with E-state index in [2.05, 4.69) is 10.3 Å². The molecule has 0 aliphatic heterocycles. The number of rotatable bonds is 3. The van der Waals surface area contributed by atoms with Crippen LogP contribution in [0, 0.1) is 16.1 Å². The first-order valence-electron chi connectivity index (χ1n) is 5.23. The number of aromatic nitrogens is 1. The fourth-order valence-corrected chi connectivity index (χ4v) is 1.44. The third kappa shape index (κ3) is 3.09. The number of nitro benzene ring substituents is 1. The predicted octanol–water partition coefficient (Wildman–Crippen LogP) is 2.38. The van der Waals surface area contributed by atoms with Gasteiger partial charge >= 0.3 is 0 Å². The van der Waals surface area contributed by atoms with E-state index in [4.69, 9.17) is 0 Å². The fourth-order valence-electron chi connectivity index (χ4n) is 1.44. The van der Waals surface area contributed by atoms with Crippen molar-refractivity contribution in [3.63, 3.8) is 0 Å². The Morgan fingerprint density at radius 2 is 2.11 bits per heavy atom. The second-order valence-corrected chi connectivity index (χ2v) is 3.63. The Balaban J connectivity index is 2.19. The first-order chi connectivity index (χ1) is 9.06. The number of anilines is 1. The molecule has 0 atom stereocenters. The lowest BCUT2D eigenvalue weighted by Crippen LogP contribution is -2.12. The van der Waals surface area contributed by atoms with Gasteiger partial charge in [0.25, 0.3) is 11.6 Å². The highest BCUT2D eigenvalue weighted by molar-refractivity contribution is 6.04. The number of hydrogen-bond donors (Lipinski definition) is 1. The Hall–Kier alpha value is -2.83. The third-order valence-corrected chi connectivity index (χ3v) is 2.30. The zero-order valence-corrected chi connectivity index (χ0v) is 9.54. The summed E-state index contributed by atoms with van der Waals surface area (Å²) in [4.78, 5) is 25.1. The van der Waals surface area contributed by atoms with E-state index in [-0.39, 0.29) is 16.9 Å². The van der Waals surface area contributed by atoms with Crippen molar-refractivity contribution < 1.29 is 14.1 Å². The van der Waals surface area contributed by atoms with E-state index in [1.54, 1.807) is 0 Å². The maximum atomic E-state index is 12.9. The smallest absolute Gasteiger partial charge is 0.271 e. The maximum absolute atomic E-state index is 12.9. The van der Waals surface area contributed by atoms with Gasteiger partial charge in [-0.1, -0.05) is 6.07 Å². The van der Waals surface area contributed by atoms with Crippen LogP contribution in [0.15, 0.2) is 42.6 Å². The van der Waals surface area contributed by atoms with Gasteiger partial charge in [-0.05, 0) is 12.1 Å². The molecule has 6 nitrogen and oxygen atoms in total. The highest BCUT2D eigenvalue weighted by atomic mass is 19.1. The Morgan fingerprint density at radius 3 is 2.79 bits per heavy atom. The number of pyridine rings is 1. The summed E-state index contributed by atoms with van der Waals surface area (Å²) in [6.07, 6.45) is 1.16. The number of halogens is 1. The molecular weight excluding hydrogens is 253 g/mol. The van der Waals surface area contributed by atoms with Gasteiger partial charge in [-0.15, -0.1) is 0 Å². The number of non-ortho nitro benzene ring substituents is 1. The Bertz CT molecular complexity index is 646. The predicted molar refractivity (Wildman–Crippen MR) is 65.2 cm³/mol. The lowest BCUT2D eigenvalue weighted by molar-refractivity contribution is -0.384. The molecule has 1 heterocycles. The van der Waals surface area contributed by atoms with Crippen LogP contribution in [0.5, 0.6) is 0 Å². The van der Waals surface area contributed by atoms with Gasteiger partial charge in [-0.25, -0.2) is 4.98 Å². The van der Waals surface area contributed by atoms with Crippen LogP contribution in [0.25, 0.3) is 0 Å². The van der Waals surface area contributed by atoms with Crippen molar-refractivity contribution in [1.29, 1.82) is 0 Å². The third-order valence-electron chi connectivity index (χ3n) is 2.30. The molecule has 19 heavy (non-hydrogen) atoms. The van der Waals surface area contributed by atoms with E-state index in [0.29, 0.717) is 0 Å². The van der Waals surface area contributed by atoms with Gasteiger partial charge in [0.05, 0.1) is 4.92 Å². The number of nitrogens with one attached hydrogen (secondary N) is 1. The van der Waals surface area contributed by atoms with Crippen LogP contribution in [-0.4, -0.2) is 15.8 Å². The first-order valence-corrected chi connectivity index (χ1v) is 5.23. The van der Waals surface area contributed by atoms with Crippen LogP contribution in [0.1, 0.15) is 10.4 Å². The standard InChI is InChI=1S/C12H8FN3O3/c13-11-6-8(4-5-14-11)12(17)15-9-2-1-3-10(7-9)16(18)19/h1-7H,(H,15,17). The van der Waals surface area contributed by atoms with E-state index >= 15 is 0 Å². The van der Waals surface area contributed by atoms with Gasteiger partial charge in [0.1, 0.15) is 0 Å². The Morgan fingerprint density at radius 1 is 1.32 bits per heavy atom. The number of nitrogens with zero attached hydrogens (tertiary/aromatic N) is 2. The highest BCUT2D eigenvalue weighted by Gasteiger charge is 2.10. The molecule has 96 valence electrons. The molecule has 2 rings (SSSR count). The maximum Gasteiger partial charge on any atom is 0.271 e. The quantitative estimate of drug-likeness (QED) is 0.522. The zero-order valence-electron chi connectivity index (χ0n) is 9.54. The van der Waals surface area contributed by atoms with Gasteiger partial charge < -0.3 is 5.32 Å². The highest BCUT2D eigenvalue weighted by Crippen LogP contribution is 2.17. The van der Waals surface area contributed by atoms with Gasteiger partial charge in [0.15, 0.2) is 0 Å². The van der Waals surface area contributed by atoms with Crippen molar-refractivity contribution in [2.24, 2.45) is 0 Å². The van der Waals surface area contributed by atoms with Crippen molar-refractivity contribution >= 4 is 17.3 Å². The van der Waals surface area contributed by atoms with Crippen molar-refractivity contribution in [3.05, 3.63) is 64.2 Å². The minimum absolute atomic E-state index is 0.0824. The van der Waals surface area contributed by atoms with Crippen LogP contribution in [0.4, 0.5) is 15.8 Å². The summed E-state index contributed by atoms with van der Waals surface area (Å²) in [6.45, 7) is 0.